The number of aromatic carboxylic acids is 1. The molecule has 0 saturated carbocycles. The van der Waals surface area contributed by atoms with Crippen molar-refractivity contribution in [2.24, 2.45) is 0 Å². The zero-order valence-corrected chi connectivity index (χ0v) is 19.2. The van der Waals surface area contributed by atoms with Gasteiger partial charge in [-0.2, -0.15) is 0 Å². The van der Waals surface area contributed by atoms with Crippen molar-refractivity contribution in [1.29, 1.82) is 0 Å². The van der Waals surface area contributed by atoms with E-state index in [1.165, 1.54) is 19.5 Å². The molecule has 0 aliphatic carbocycles. The number of rotatable bonds is 9. The molecule has 4 aromatic rings. The van der Waals surface area contributed by atoms with Crippen molar-refractivity contribution >= 4 is 34.0 Å². The van der Waals surface area contributed by atoms with Gasteiger partial charge in [0.15, 0.2) is 10.7 Å². The predicted octanol–water partition coefficient (Wildman–Crippen LogP) is 4.82. The van der Waals surface area contributed by atoms with Gasteiger partial charge < -0.3 is 24.5 Å². The molecule has 3 heterocycles. The Kier molecular flexibility index (Phi) is 6.45. The monoisotopic (exact) mass is 470 g/mol. The van der Waals surface area contributed by atoms with Gasteiger partial charge in [0, 0.05) is 42.4 Å². The van der Waals surface area contributed by atoms with E-state index in [2.05, 4.69) is 15.3 Å². The van der Waals surface area contributed by atoms with E-state index in [0.29, 0.717) is 53.1 Å². The van der Waals surface area contributed by atoms with Gasteiger partial charge in [0.1, 0.15) is 23.6 Å². The molecule has 0 saturated heterocycles. The smallest absolute Gasteiger partial charge is 0.349 e. The minimum atomic E-state index is -1.04. The molecule has 8 nitrogen and oxygen atoms in total. The zero-order chi connectivity index (χ0) is 23.5. The number of carboxylic acid groups (broad SMARTS) is 1. The molecule has 0 spiro atoms. The highest BCUT2D eigenvalue weighted by molar-refractivity contribution is 7.17. The van der Waals surface area contributed by atoms with Gasteiger partial charge in [-0.15, -0.1) is 11.3 Å². The van der Waals surface area contributed by atoms with Crippen LogP contribution < -0.4 is 14.8 Å². The molecule has 0 bridgehead atoms. The van der Waals surface area contributed by atoms with Crippen LogP contribution in [-0.2, 0) is 6.54 Å². The second kappa shape index (κ2) is 9.45. The number of hydrogen-bond acceptors (Lipinski definition) is 7. The quantitative estimate of drug-likeness (QED) is 0.362. The average Bonchev–Trinajstić information content (AvgIpc) is 3.35. The molecule has 3 aromatic heterocycles. The first-order chi connectivity index (χ1) is 15.9. The number of anilines is 1. The third-order valence-electron chi connectivity index (χ3n) is 5.12. The number of hydrogen-bond donors (Lipinski definition) is 2. The summed E-state index contributed by atoms with van der Waals surface area (Å²) >= 11 is 1.10. The van der Waals surface area contributed by atoms with Crippen LogP contribution >= 0.6 is 11.3 Å². The van der Waals surface area contributed by atoms with Gasteiger partial charge in [0.05, 0.1) is 29.8 Å². The Balaban J connectivity index is 1.51. The third-order valence-corrected chi connectivity index (χ3v) is 6.24. The molecular weight excluding hydrogens is 447 g/mol. The van der Waals surface area contributed by atoms with Crippen LogP contribution in [0.25, 0.3) is 21.5 Å². The van der Waals surface area contributed by atoms with Crippen LogP contribution in [0.4, 0.5) is 10.2 Å². The lowest BCUT2D eigenvalue weighted by Gasteiger charge is -2.11. The summed E-state index contributed by atoms with van der Waals surface area (Å²) in [6.45, 7) is 5.12. The normalized spacial score (nSPS) is 11.0. The number of thiophene rings is 1. The fourth-order valence-corrected chi connectivity index (χ4v) is 4.58. The lowest BCUT2D eigenvalue weighted by atomic mass is 10.2. The van der Waals surface area contributed by atoms with Gasteiger partial charge in [-0.25, -0.2) is 19.2 Å². The highest BCUT2D eigenvalue weighted by Crippen LogP contribution is 2.36. The number of nitrogens with one attached hydrogen (secondary N) is 1. The van der Waals surface area contributed by atoms with Crippen LogP contribution in [0.15, 0.2) is 36.7 Å². The number of nitrogens with zero attached hydrogens (tertiary/aromatic N) is 3. The van der Waals surface area contributed by atoms with Crippen molar-refractivity contribution < 1.29 is 23.8 Å². The van der Waals surface area contributed by atoms with E-state index in [4.69, 9.17) is 9.47 Å². The van der Waals surface area contributed by atoms with Crippen LogP contribution in [0.1, 0.15) is 22.3 Å². The molecule has 10 heteroatoms. The van der Waals surface area contributed by atoms with Gasteiger partial charge in [-0.05, 0) is 26.0 Å². The van der Waals surface area contributed by atoms with Gasteiger partial charge in [-0.3, -0.25) is 0 Å². The van der Waals surface area contributed by atoms with Crippen LogP contribution in [0.2, 0.25) is 0 Å². The number of aromatic nitrogens is 3. The molecule has 1 aromatic carbocycles. The molecule has 0 aliphatic heterocycles. The Bertz CT molecular complexity index is 1320. The SMILES string of the molecule is CCOc1cc(-c2cc(NCCn3c(C)cc4cc(OC)cc(F)c43)ncn2)sc1C(=O)O. The van der Waals surface area contributed by atoms with Gasteiger partial charge in [-0.1, -0.05) is 0 Å². The molecule has 4 rings (SSSR count). The molecule has 33 heavy (non-hydrogen) atoms. The number of carbonyl (C=O) groups is 1. The summed E-state index contributed by atoms with van der Waals surface area (Å²) in [5.74, 6) is 0.0160. The number of fused-ring (bicyclic) bond motifs is 1. The van der Waals surface area contributed by atoms with E-state index in [1.54, 1.807) is 19.1 Å². The molecule has 0 fully saturated rings. The Morgan fingerprint density at radius 1 is 1.24 bits per heavy atom. The summed E-state index contributed by atoms with van der Waals surface area (Å²) in [6, 6.07) is 8.55. The molecule has 0 atom stereocenters. The molecule has 0 amide bonds. The number of carboxylic acids is 1. The maximum atomic E-state index is 14.7. The Morgan fingerprint density at radius 2 is 2.06 bits per heavy atom. The van der Waals surface area contributed by atoms with Gasteiger partial charge in [0.25, 0.3) is 0 Å². The molecular formula is C23H23FN4O4S. The fourth-order valence-electron chi connectivity index (χ4n) is 3.67. The van der Waals surface area contributed by atoms with Crippen LogP contribution in [0, 0.1) is 12.7 Å². The lowest BCUT2D eigenvalue weighted by Crippen LogP contribution is -2.12. The Labute approximate surface area is 193 Å². The molecule has 0 radical (unpaired) electrons. The Hall–Kier alpha value is -3.66. The minimum Gasteiger partial charge on any atom is -0.497 e. The number of benzene rings is 1. The second-order valence-corrected chi connectivity index (χ2v) is 8.29. The van der Waals surface area contributed by atoms with E-state index in [-0.39, 0.29) is 10.7 Å². The molecule has 0 unspecified atom stereocenters. The minimum absolute atomic E-state index is 0.133. The highest BCUT2D eigenvalue weighted by Gasteiger charge is 2.18. The van der Waals surface area contributed by atoms with E-state index in [0.717, 1.165) is 22.4 Å². The van der Waals surface area contributed by atoms with Crippen LogP contribution in [0.3, 0.4) is 0 Å². The zero-order valence-electron chi connectivity index (χ0n) is 18.4. The summed E-state index contributed by atoms with van der Waals surface area (Å²) in [4.78, 5) is 20.8. The topological polar surface area (TPSA) is 98.5 Å². The fraction of sp³-hybridized carbons (Fsp3) is 0.261. The van der Waals surface area contributed by atoms with Gasteiger partial charge in [0.2, 0.25) is 0 Å². The first-order valence-electron chi connectivity index (χ1n) is 10.3. The highest BCUT2D eigenvalue weighted by atomic mass is 32.1. The lowest BCUT2D eigenvalue weighted by molar-refractivity contribution is 0.0698. The molecule has 2 N–H and O–H groups in total. The van der Waals surface area contributed by atoms with Crippen molar-refractivity contribution in [2.75, 3.05) is 25.6 Å². The van der Waals surface area contributed by atoms with Gasteiger partial charge >= 0.3 is 5.97 Å². The van der Waals surface area contributed by atoms with E-state index < -0.39 is 5.97 Å². The summed E-state index contributed by atoms with van der Waals surface area (Å²) < 4.78 is 27.2. The molecule has 0 aliphatic rings. The number of halogens is 1. The molecule has 172 valence electrons. The predicted molar refractivity (Wildman–Crippen MR) is 125 cm³/mol. The summed E-state index contributed by atoms with van der Waals surface area (Å²) in [6.07, 6.45) is 1.42. The first-order valence-corrected chi connectivity index (χ1v) is 11.1. The van der Waals surface area contributed by atoms with Crippen molar-refractivity contribution in [1.82, 2.24) is 14.5 Å². The van der Waals surface area contributed by atoms with Crippen molar-refractivity contribution in [3.8, 4) is 22.1 Å². The first kappa shape index (κ1) is 22.5. The van der Waals surface area contributed by atoms with Crippen molar-refractivity contribution in [3.63, 3.8) is 0 Å². The Morgan fingerprint density at radius 3 is 2.79 bits per heavy atom. The van der Waals surface area contributed by atoms with Crippen molar-refractivity contribution in [3.05, 3.63) is 53.0 Å². The van der Waals surface area contributed by atoms with Crippen molar-refractivity contribution in [2.45, 2.75) is 20.4 Å². The summed E-state index contributed by atoms with van der Waals surface area (Å²) in [5.41, 5.74) is 2.05. The third kappa shape index (κ3) is 4.61. The second-order valence-electron chi connectivity index (χ2n) is 7.24. The van der Waals surface area contributed by atoms with E-state index in [1.807, 2.05) is 23.6 Å². The summed E-state index contributed by atoms with van der Waals surface area (Å²) in [5, 5.41) is 13.4. The maximum absolute atomic E-state index is 14.7. The van der Waals surface area contributed by atoms with E-state index in [9.17, 15) is 14.3 Å². The summed E-state index contributed by atoms with van der Waals surface area (Å²) in [7, 11) is 1.51. The average molecular weight is 471 g/mol. The number of ether oxygens (including phenoxy) is 2. The number of aryl methyl sites for hydroxylation is 1. The van der Waals surface area contributed by atoms with Crippen LogP contribution in [-0.4, -0.2) is 45.9 Å². The largest absolute Gasteiger partial charge is 0.497 e. The standard InChI is InChI=1S/C23H23FN4O4S/c1-4-32-18-11-19(33-22(18)23(29)30)17-10-20(27-12-26-17)25-5-6-28-13(2)7-14-8-15(31-3)9-16(24)21(14)28/h7-12H,4-6H2,1-3H3,(H,29,30)(H,25,26,27). The maximum Gasteiger partial charge on any atom is 0.349 e. The van der Waals surface area contributed by atoms with E-state index >= 15 is 0 Å². The van der Waals surface area contributed by atoms with Crippen LogP contribution in [0.5, 0.6) is 11.5 Å². The number of methoxy groups -OCH3 is 1.